The first kappa shape index (κ1) is 22.9. The molecule has 2 aliphatic rings. The normalized spacial score (nSPS) is 22.6. The van der Waals surface area contributed by atoms with Gasteiger partial charge in [-0.05, 0) is 37.6 Å². The van der Waals surface area contributed by atoms with Crippen LogP contribution in [0.3, 0.4) is 0 Å². The quantitative estimate of drug-likeness (QED) is 0.497. The molecule has 3 heterocycles. The summed E-state index contributed by atoms with van der Waals surface area (Å²) in [6.45, 7) is 8.14. The number of anilines is 2. The van der Waals surface area contributed by atoms with Crippen molar-refractivity contribution in [2.24, 2.45) is 5.92 Å². The third kappa shape index (κ3) is 4.21. The van der Waals surface area contributed by atoms with Gasteiger partial charge in [-0.1, -0.05) is 4.98 Å². The molecule has 33 heavy (non-hydrogen) atoms. The van der Waals surface area contributed by atoms with Crippen molar-refractivity contribution < 1.29 is 27.3 Å². The van der Waals surface area contributed by atoms with Crippen LogP contribution in [0.2, 0.25) is 0 Å². The number of amides is 1. The van der Waals surface area contributed by atoms with Crippen LogP contribution in [0, 0.1) is 12.8 Å². The van der Waals surface area contributed by atoms with Crippen molar-refractivity contribution in [3.8, 4) is 5.75 Å². The van der Waals surface area contributed by atoms with Crippen LogP contribution in [0.15, 0.2) is 12.4 Å². The van der Waals surface area contributed by atoms with Gasteiger partial charge in [-0.25, -0.2) is 14.5 Å². The lowest BCUT2D eigenvalue weighted by atomic mass is 9.80. The van der Waals surface area contributed by atoms with E-state index in [0.717, 1.165) is 25.2 Å². The summed E-state index contributed by atoms with van der Waals surface area (Å²) < 4.78 is 45.0. The number of carbonyl (C=O) groups is 1. The number of fused-ring (bicyclic) bond motifs is 1. The Bertz CT molecular complexity index is 1080. The van der Waals surface area contributed by atoms with Crippen molar-refractivity contribution in [2.75, 3.05) is 30.5 Å². The molecule has 1 fully saturated rings. The van der Waals surface area contributed by atoms with Gasteiger partial charge in [0.25, 0.3) is 0 Å². The van der Waals surface area contributed by atoms with Gasteiger partial charge in [0.05, 0.1) is 25.0 Å². The molecule has 2 aromatic heterocycles. The fraction of sp³-hybridized carbons (Fsp3) is 0.524. The predicted molar refractivity (Wildman–Crippen MR) is 114 cm³/mol. The van der Waals surface area contributed by atoms with E-state index in [1.54, 1.807) is 16.5 Å². The highest BCUT2D eigenvalue weighted by Gasteiger charge is 2.41. The average molecular weight is 464 g/mol. The smallest absolute Gasteiger partial charge is 0.451 e. The second-order valence-electron chi connectivity index (χ2n) is 8.48. The molecule has 0 saturated heterocycles. The number of hydrogen-bond acceptors (Lipinski definition) is 7. The molecule has 176 valence electrons. The standard InChI is InChI=1S/C21H25F3N7O2/c1-11-16-17(29(3)12(2)18(32)31(16)5)28-20(27-11)30(4)14-6-13(7-14)10-33-15-8-25-19(26-9-15)21(22,23)24/h8-9,12-14H,4,6-7,10H2,1-3,5H3/q+1/t12-,13?,14?/m0/s1. The molecule has 1 amide bonds. The number of halogens is 3. The number of nitrogens with zero attached hydrogens (tertiary/aromatic N) is 7. The molecule has 1 aliphatic carbocycles. The Hall–Kier alpha value is -3.31. The van der Waals surface area contributed by atoms with Crippen molar-refractivity contribution in [2.45, 2.75) is 44.9 Å². The maximum atomic E-state index is 12.5. The lowest BCUT2D eigenvalue weighted by molar-refractivity contribution is -0.505. The molecule has 1 atom stereocenters. The zero-order chi connectivity index (χ0) is 24.1. The van der Waals surface area contributed by atoms with Gasteiger partial charge in [-0.2, -0.15) is 13.2 Å². The Morgan fingerprint density at radius 3 is 2.45 bits per heavy atom. The maximum absolute atomic E-state index is 12.5. The van der Waals surface area contributed by atoms with Crippen LogP contribution in [0.5, 0.6) is 5.75 Å². The molecule has 0 unspecified atom stereocenters. The summed E-state index contributed by atoms with van der Waals surface area (Å²) in [5.74, 6) is 0.364. The third-order valence-electron chi connectivity index (χ3n) is 6.24. The fourth-order valence-electron chi connectivity index (χ4n) is 4.05. The Morgan fingerprint density at radius 1 is 1.21 bits per heavy atom. The van der Waals surface area contributed by atoms with Crippen LogP contribution in [0.4, 0.5) is 30.6 Å². The number of aryl methyl sites for hydroxylation is 1. The highest BCUT2D eigenvalue weighted by molar-refractivity contribution is 6.04. The third-order valence-corrected chi connectivity index (χ3v) is 6.24. The summed E-state index contributed by atoms with van der Waals surface area (Å²) in [5.41, 5.74) is 1.39. The van der Waals surface area contributed by atoms with Gasteiger partial charge in [0, 0.05) is 20.8 Å². The molecule has 2 aromatic rings. The number of rotatable bonds is 5. The van der Waals surface area contributed by atoms with Gasteiger partial charge in [0.1, 0.15) is 17.4 Å². The number of likely N-dealkylation sites (N-methyl/N-ethyl adjacent to an activating group) is 2. The van der Waals surface area contributed by atoms with E-state index in [-0.39, 0.29) is 29.7 Å². The molecule has 9 nitrogen and oxygen atoms in total. The van der Waals surface area contributed by atoms with Crippen LogP contribution in [0.25, 0.3) is 0 Å². The summed E-state index contributed by atoms with van der Waals surface area (Å²) in [6, 6.07) is -0.229. The van der Waals surface area contributed by atoms with Gasteiger partial charge in [0.2, 0.25) is 17.5 Å². The van der Waals surface area contributed by atoms with Gasteiger partial charge in [0.15, 0.2) is 5.75 Å². The average Bonchev–Trinajstić information content (AvgIpc) is 2.74. The Kier molecular flexibility index (Phi) is 5.71. The predicted octanol–water partition coefficient (Wildman–Crippen LogP) is 2.60. The summed E-state index contributed by atoms with van der Waals surface area (Å²) in [5, 5.41) is 0. The van der Waals surface area contributed by atoms with Crippen molar-refractivity contribution in [1.82, 2.24) is 19.9 Å². The first-order chi connectivity index (χ1) is 15.5. The Labute approximate surface area is 188 Å². The molecule has 1 saturated carbocycles. The van der Waals surface area contributed by atoms with Crippen molar-refractivity contribution >= 4 is 30.1 Å². The van der Waals surface area contributed by atoms with Crippen molar-refractivity contribution in [3.05, 3.63) is 23.9 Å². The van der Waals surface area contributed by atoms with Crippen LogP contribution >= 0.6 is 0 Å². The lowest BCUT2D eigenvalue weighted by Gasteiger charge is -2.36. The van der Waals surface area contributed by atoms with Crippen LogP contribution < -0.4 is 14.5 Å². The molecule has 12 heteroatoms. The molecular formula is C21H25F3N7O2+. The Balaban J connectivity index is 1.37. The monoisotopic (exact) mass is 464 g/mol. The molecule has 1 aliphatic heterocycles. The highest BCUT2D eigenvalue weighted by atomic mass is 19.4. The van der Waals surface area contributed by atoms with E-state index >= 15 is 0 Å². The number of hydrogen-bond donors (Lipinski definition) is 0. The number of carbonyl (C=O) groups excluding carboxylic acids is 1. The molecule has 0 aromatic carbocycles. The molecule has 0 bridgehead atoms. The lowest BCUT2D eigenvalue weighted by Crippen LogP contribution is -2.50. The zero-order valence-corrected chi connectivity index (χ0v) is 18.8. The molecule has 4 rings (SSSR count). The molecule has 0 N–H and O–H groups in total. The first-order valence-corrected chi connectivity index (χ1v) is 10.5. The van der Waals surface area contributed by atoms with Crippen LogP contribution in [-0.4, -0.2) is 69.9 Å². The fourth-order valence-corrected chi connectivity index (χ4v) is 4.05. The summed E-state index contributed by atoms with van der Waals surface area (Å²) >= 11 is 0. The van der Waals surface area contributed by atoms with E-state index in [1.165, 1.54) is 0 Å². The van der Waals surface area contributed by atoms with E-state index in [1.807, 2.05) is 25.8 Å². The van der Waals surface area contributed by atoms with E-state index in [2.05, 4.69) is 26.7 Å². The zero-order valence-electron chi connectivity index (χ0n) is 18.8. The van der Waals surface area contributed by atoms with E-state index in [4.69, 9.17) is 4.74 Å². The Morgan fingerprint density at radius 2 is 1.85 bits per heavy atom. The van der Waals surface area contributed by atoms with Crippen LogP contribution in [-0.2, 0) is 11.0 Å². The highest BCUT2D eigenvalue weighted by Crippen LogP contribution is 2.38. The van der Waals surface area contributed by atoms with Gasteiger partial charge in [-0.3, -0.25) is 4.79 Å². The van der Waals surface area contributed by atoms with Gasteiger partial charge < -0.3 is 14.5 Å². The van der Waals surface area contributed by atoms with Crippen molar-refractivity contribution in [3.63, 3.8) is 0 Å². The summed E-state index contributed by atoms with van der Waals surface area (Å²) in [4.78, 5) is 31.7. The first-order valence-electron chi connectivity index (χ1n) is 10.5. The van der Waals surface area contributed by atoms with Gasteiger partial charge in [-0.15, -0.1) is 0 Å². The molecular weight excluding hydrogens is 439 g/mol. The second kappa shape index (κ2) is 8.23. The van der Waals surface area contributed by atoms with Gasteiger partial charge >= 0.3 is 12.1 Å². The number of aromatic nitrogens is 4. The minimum atomic E-state index is -4.58. The second-order valence-corrected chi connectivity index (χ2v) is 8.48. The largest absolute Gasteiger partial charge is 0.490 e. The maximum Gasteiger partial charge on any atom is 0.451 e. The minimum Gasteiger partial charge on any atom is -0.490 e. The summed E-state index contributed by atoms with van der Waals surface area (Å²) in [7, 11) is 3.56. The number of alkyl halides is 3. The van der Waals surface area contributed by atoms with Crippen LogP contribution in [0.1, 0.15) is 31.3 Å². The topological polar surface area (TPSA) is 87.4 Å². The minimum absolute atomic E-state index is 0.0174. The summed E-state index contributed by atoms with van der Waals surface area (Å²) in [6.07, 6.45) is -0.971. The molecule has 0 radical (unpaired) electrons. The number of ether oxygens (including phenoxy) is 1. The molecule has 0 spiro atoms. The van der Waals surface area contributed by atoms with Crippen molar-refractivity contribution in [1.29, 1.82) is 0 Å². The SMILES string of the molecule is C=[N+](c1nc(C)c2c(n1)N(C)[C@@H](C)C(=O)N2C)C1CC(COc2cnc(C(F)(F)F)nc2)C1. The van der Waals surface area contributed by atoms with E-state index < -0.39 is 12.0 Å². The van der Waals surface area contributed by atoms with E-state index in [0.29, 0.717) is 29.8 Å². The van der Waals surface area contributed by atoms with E-state index in [9.17, 15) is 18.0 Å².